The molecule has 25 heavy (non-hydrogen) atoms. The fourth-order valence-electron chi connectivity index (χ4n) is 1.98. The highest BCUT2D eigenvalue weighted by atomic mass is 32.2. The molecule has 1 aromatic carbocycles. The molecule has 0 saturated carbocycles. The van der Waals surface area contributed by atoms with Gasteiger partial charge >= 0.3 is 0 Å². The van der Waals surface area contributed by atoms with Crippen molar-refractivity contribution in [2.24, 2.45) is 5.14 Å². The van der Waals surface area contributed by atoms with Crippen molar-refractivity contribution in [3.63, 3.8) is 0 Å². The SMILES string of the molecule is CC(=O)N(CCNS(=O)(=O)N(C)C)CCc1ccc(S(N)(=O)=O)cc1. The number of carbonyl (C=O) groups excluding carboxylic acids is 1. The summed E-state index contributed by atoms with van der Waals surface area (Å²) in [7, 11) is -4.43. The van der Waals surface area contributed by atoms with Gasteiger partial charge in [-0.25, -0.2) is 18.3 Å². The number of benzene rings is 1. The first-order valence-corrected chi connectivity index (χ1v) is 10.5. The van der Waals surface area contributed by atoms with Crippen LogP contribution >= 0.6 is 0 Å². The number of nitrogens with zero attached hydrogens (tertiary/aromatic N) is 2. The molecule has 0 aromatic heterocycles. The van der Waals surface area contributed by atoms with E-state index < -0.39 is 20.2 Å². The Kier molecular flexibility index (Phi) is 7.50. The first-order chi connectivity index (χ1) is 11.4. The molecule has 0 aliphatic heterocycles. The third-order valence-electron chi connectivity index (χ3n) is 3.51. The van der Waals surface area contributed by atoms with Crippen LogP contribution < -0.4 is 9.86 Å². The Morgan fingerprint density at radius 3 is 2.08 bits per heavy atom. The van der Waals surface area contributed by atoms with E-state index in [9.17, 15) is 21.6 Å². The molecule has 11 heteroatoms. The molecule has 0 saturated heterocycles. The molecule has 9 nitrogen and oxygen atoms in total. The van der Waals surface area contributed by atoms with Crippen LogP contribution in [0.4, 0.5) is 0 Å². The quantitative estimate of drug-likeness (QED) is 0.564. The predicted molar refractivity (Wildman–Crippen MR) is 94.4 cm³/mol. The van der Waals surface area contributed by atoms with E-state index in [2.05, 4.69) is 4.72 Å². The summed E-state index contributed by atoms with van der Waals surface area (Å²) in [6.07, 6.45) is 0.505. The van der Waals surface area contributed by atoms with Crippen LogP contribution in [0.5, 0.6) is 0 Å². The zero-order valence-corrected chi connectivity index (χ0v) is 16.1. The second-order valence-electron chi connectivity index (χ2n) is 5.63. The molecule has 142 valence electrons. The Balaban J connectivity index is 2.60. The number of hydrogen-bond donors (Lipinski definition) is 2. The summed E-state index contributed by atoms with van der Waals surface area (Å²) in [5, 5.41) is 5.04. The third-order valence-corrected chi connectivity index (χ3v) is 5.97. The molecular weight excluding hydrogens is 368 g/mol. The van der Waals surface area contributed by atoms with E-state index in [-0.39, 0.29) is 23.9 Å². The first-order valence-electron chi connectivity index (χ1n) is 7.48. The lowest BCUT2D eigenvalue weighted by molar-refractivity contribution is -0.128. The summed E-state index contributed by atoms with van der Waals surface area (Å²) in [6, 6.07) is 6.08. The molecule has 0 bridgehead atoms. The van der Waals surface area contributed by atoms with Crippen LogP contribution in [-0.2, 0) is 31.4 Å². The van der Waals surface area contributed by atoms with Gasteiger partial charge in [-0.3, -0.25) is 4.79 Å². The standard InChI is InChI=1S/C14H24N4O5S2/c1-12(19)18(11-9-16-25(22,23)17(2)3)10-8-13-4-6-14(7-5-13)24(15,20)21/h4-7,16H,8-11H2,1-3H3,(H2,15,20,21). The Morgan fingerprint density at radius 1 is 1.08 bits per heavy atom. The van der Waals surface area contributed by atoms with E-state index in [1.165, 1.54) is 38.1 Å². The molecule has 1 aromatic rings. The lowest BCUT2D eigenvalue weighted by atomic mass is 10.1. The smallest absolute Gasteiger partial charge is 0.278 e. The van der Waals surface area contributed by atoms with E-state index in [4.69, 9.17) is 5.14 Å². The average Bonchev–Trinajstić information content (AvgIpc) is 2.49. The monoisotopic (exact) mass is 392 g/mol. The molecule has 3 N–H and O–H groups in total. The Labute approximate surface area is 149 Å². The first kappa shape index (κ1) is 21.5. The zero-order chi connectivity index (χ0) is 19.3. The number of carbonyl (C=O) groups is 1. The van der Waals surface area contributed by atoms with Gasteiger partial charge in [0.25, 0.3) is 10.2 Å². The molecule has 0 aliphatic carbocycles. The van der Waals surface area contributed by atoms with Crippen molar-refractivity contribution in [2.75, 3.05) is 33.7 Å². The summed E-state index contributed by atoms with van der Waals surface area (Å²) < 4.78 is 49.1. The number of nitrogens with one attached hydrogen (secondary N) is 1. The Hall–Kier alpha value is -1.53. The van der Waals surface area contributed by atoms with Gasteiger partial charge in [-0.2, -0.15) is 12.7 Å². The van der Waals surface area contributed by atoms with Gasteiger partial charge < -0.3 is 4.90 Å². The fourth-order valence-corrected chi connectivity index (χ4v) is 3.10. The van der Waals surface area contributed by atoms with Crippen molar-refractivity contribution in [1.29, 1.82) is 0 Å². The van der Waals surface area contributed by atoms with E-state index in [0.717, 1.165) is 9.87 Å². The second kappa shape index (κ2) is 8.72. The molecule has 1 amide bonds. The number of sulfonamides is 1. The van der Waals surface area contributed by atoms with Gasteiger partial charge in [0.1, 0.15) is 0 Å². The highest BCUT2D eigenvalue weighted by molar-refractivity contribution is 7.89. The van der Waals surface area contributed by atoms with Gasteiger partial charge in [0.2, 0.25) is 15.9 Å². The van der Waals surface area contributed by atoms with Gasteiger partial charge in [-0.05, 0) is 24.1 Å². The summed E-state index contributed by atoms with van der Waals surface area (Å²) in [6.45, 7) is 2.13. The van der Waals surface area contributed by atoms with E-state index in [1.807, 2.05) is 0 Å². The maximum absolute atomic E-state index is 11.7. The van der Waals surface area contributed by atoms with Gasteiger partial charge in [-0.1, -0.05) is 12.1 Å². The second-order valence-corrected chi connectivity index (χ2v) is 9.16. The maximum atomic E-state index is 11.7. The number of amides is 1. The normalized spacial score (nSPS) is 12.4. The molecule has 0 spiro atoms. The summed E-state index contributed by atoms with van der Waals surface area (Å²) in [5.74, 6) is -0.176. The highest BCUT2D eigenvalue weighted by Crippen LogP contribution is 2.09. The highest BCUT2D eigenvalue weighted by Gasteiger charge is 2.14. The van der Waals surface area contributed by atoms with Gasteiger partial charge in [0.05, 0.1) is 4.90 Å². The lowest BCUT2D eigenvalue weighted by Crippen LogP contribution is -2.42. The number of hydrogen-bond acceptors (Lipinski definition) is 5. The minimum Gasteiger partial charge on any atom is -0.341 e. The van der Waals surface area contributed by atoms with Crippen LogP contribution in [0.1, 0.15) is 12.5 Å². The van der Waals surface area contributed by atoms with E-state index in [1.54, 1.807) is 12.1 Å². The van der Waals surface area contributed by atoms with Gasteiger partial charge in [0, 0.05) is 40.7 Å². The lowest BCUT2D eigenvalue weighted by Gasteiger charge is -2.22. The van der Waals surface area contributed by atoms with Crippen molar-refractivity contribution < 1.29 is 21.6 Å². The Bertz CT molecular complexity index is 789. The molecule has 1 rings (SSSR count). The van der Waals surface area contributed by atoms with Gasteiger partial charge in [0.15, 0.2) is 0 Å². The summed E-state index contributed by atoms with van der Waals surface area (Å²) in [4.78, 5) is 13.2. The van der Waals surface area contributed by atoms with Gasteiger partial charge in [-0.15, -0.1) is 0 Å². The molecule has 0 atom stereocenters. The predicted octanol–water partition coefficient (Wildman–Crippen LogP) is -0.879. The molecule has 0 heterocycles. The third kappa shape index (κ3) is 7.08. The van der Waals surface area contributed by atoms with Crippen LogP contribution in [0.2, 0.25) is 0 Å². The minimum absolute atomic E-state index is 0.0257. The van der Waals surface area contributed by atoms with Crippen molar-refractivity contribution >= 4 is 26.1 Å². The van der Waals surface area contributed by atoms with Crippen LogP contribution in [0.25, 0.3) is 0 Å². The largest absolute Gasteiger partial charge is 0.341 e. The average molecular weight is 393 g/mol. The fraction of sp³-hybridized carbons (Fsp3) is 0.500. The van der Waals surface area contributed by atoms with Crippen LogP contribution in [0.15, 0.2) is 29.2 Å². The molecule has 0 unspecified atom stereocenters. The van der Waals surface area contributed by atoms with Crippen molar-refractivity contribution in [3.8, 4) is 0 Å². The maximum Gasteiger partial charge on any atom is 0.278 e. The number of nitrogens with two attached hydrogens (primary N) is 1. The summed E-state index contributed by atoms with van der Waals surface area (Å²) >= 11 is 0. The number of rotatable bonds is 9. The zero-order valence-electron chi connectivity index (χ0n) is 14.5. The minimum atomic E-state index is -3.73. The van der Waals surface area contributed by atoms with Crippen molar-refractivity contribution in [3.05, 3.63) is 29.8 Å². The van der Waals surface area contributed by atoms with Crippen LogP contribution in [0.3, 0.4) is 0 Å². The molecule has 0 fully saturated rings. The van der Waals surface area contributed by atoms with E-state index >= 15 is 0 Å². The Morgan fingerprint density at radius 2 is 1.64 bits per heavy atom. The van der Waals surface area contributed by atoms with Crippen LogP contribution in [-0.4, -0.2) is 65.7 Å². The van der Waals surface area contributed by atoms with Crippen molar-refractivity contribution in [2.45, 2.75) is 18.2 Å². The van der Waals surface area contributed by atoms with Crippen molar-refractivity contribution in [1.82, 2.24) is 13.9 Å². The molecule has 0 aliphatic rings. The topological polar surface area (TPSA) is 130 Å². The van der Waals surface area contributed by atoms with Crippen LogP contribution in [0, 0.1) is 0 Å². The van der Waals surface area contributed by atoms with E-state index in [0.29, 0.717) is 13.0 Å². The summed E-state index contributed by atoms with van der Waals surface area (Å²) in [5.41, 5.74) is 0.840. The molecule has 0 radical (unpaired) electrons. The number of primary sulfonamides is 1. The molecular formula is C14H24N4O5S2.